The predicted octanol–water partition coefficient (Wildman–Crippen LogP) is 2.68. The first kappa shape index (κ1) is 23.7. The van der Waals surface area contributed by atoms with Gasteiger partial charge < -0.3 is 14.8 Å². The zero-order valence-electron chi connectivity index (χ0n) is 19.0. The van der Waals surface area contributed by atoms with Crippen molar-refractivity contribution in [2.75, 3.05) is 19.5 Å². The second-order valence-electron chi connectivity index (χ2n) is 7.67. The van der Waals surface area contributed by atoms with Gasteiger partial charge in [0.05, 0.1) is 32.1 Å². The van der Waals surface area contributed by atoms with Crippen LogP contribution >= 0.6 is 0 Å². The molecule has 0 unspecified atom stereocenters. The highest BCUT2D eigenvalue weighted by molar-refractivity contribution is 5.89. The van der Waals surface area contributed by atoms with Gasteiger partial charge in [-0.15, -0.1) is 5.10 Å². The highest BCUT2D eigenvalue weighted by atomic mass is 19.1. The molecule has 3 rings (SSSR count). The number of methoxy groups -OCH3 is 2. The minimum absolute atomic E-state index is 0.0645. The SMILES string of the molecule is COc1cc(Cn2c(=O)c(OC)nn(-c3ccc(F)c(NC(C)=O)c3)c2=O)ccc1C(C)C. The molecule has 0 fully saturated rings. The fourth-order valence-electron chi connectivity index (χ4n) is 3.37. The Hall–Kier alpha value is -3.95. The molecule has 1 aromatic heterocycles. The molecule has 33 heavy (non-hydrogen) atoms. The van der Waals surface area contributed by atoms with Crippen molar-refractivity contribution in [2.24, 2.45) is 0 Å². The number of hydrogen-bond donors (Lipinski definition) is 1. The van der Waals surface area contributed by atoms with Crippen molar-refractivity contribution in [1.29, 1.82) is 0 Å². The van der Waals surface area contributed by atoms with Crippen LogP contribution < -0.4 is 26.0 Å². The molecule has 10 heteroatoms. The fraction of sp³-hybridized carbons (Fsp3) is 0.304. The van der Waals surface area contributed by atoms with Crippen LogP contribution in [0.1, 0.15) is 37.8 Å². The van der Waals surface area contributed by atoms with Crippen molar-refractivity contribution in [3.8, 4) is 17.3 Å². The predicted molar refractivity (Wildman–Crippen MR) is 121 cm³/mol. The van der Waals surface area contributed by atoms with E-state index < -0.39 is 23.0 Å². The Kier molecular flexibility index (Phi) is 6.95. The van der Waals surface area contributed by atoms with Gasteiger partial charge in [0.1, 0.15) is 11.6 Å². The summed E-state index contributed by atoms with van der Waals surface area (Å²) in [6.45, 7) is 5.24. The smallest absolute Gasteiger partial charge is 0.352 e. The van der Waals surface area contributed by atoms with E-state index in [4.69, 9.17) is 9.47 Å². The molecule has 0 aliphatic carbocycles. The number of amides is 1. The van der Waals surface area contributed by atoms with Crippen molar-refractivity contribution in [3.63, 3.8) is 0 Å². The topological polar surface area (TPSA) is 104 Å². The van der Waals surface area contributed by atoms with Crippen LogP contribution in [0.3, 0.4) is 0 Å². The number of rotatable bonds is 7. The standard InChI is InChI=1S/C23H25FN4O5/c1-13(2)17-8-6-15(10-20(17)32-4)12-27-22(30)21(33-5)26-28(23(27)31)16-7-9-18(24)19(11-16)25-14(3)29/h6-11,13H,12H2,1-5H3,(H,25,29). The number of carbonyl (C=O) groups is 1. The maximum absolute atomic E-state index is 14.1. The Morgan fingerprint density at radius 3 is 2.45 bits per heavy atom. The maximum Gasteiger partial charge on any atom is 0.352 e. The maximum atomic E-state index is 14.1. The summed E-state index contributed by atoms with van der Waals surface area (Å²) in [5.74, 6) is -0.597. The van der Waals surface area contributed by atoms with Crippen LogP contribution in [0.15, 0.2) is 46.0 Å². The number of hydrogen-bond acceptors (Lipinski definition) is 6. The summed E-state index contributed by atoms with van der Waals surface area (Å²) in [7, 11) is 2.82. The molecule has 1 heterocycles. The number of carbonyl (C=O) groups excluding carboxylic acids is 1. The van der Waals surface area contributed by atoms with Gasteiger partial charge in [-0.3, -0.25) is 9.59 Å². The van der Waals surface area contributed by atoms with Crippen molar-refractivity contribution in [3.05, 3.63) is 74.2 Å². The summed E-state index contributed by atoms with van der Waals surface area (Å²) in [6.07, 6.45) is 0. The monoisotopic (exact) mass is 456 g/mol. The van der Waals surface area contributed by atoms with Gasteiger partial charge in [-0.25, -0.2) is 13.8 Å². The lowest BCUT2D eigenvalue weighted by atomic mass is 10.0. The minimum Gasteiger partial charge on any atom is -0.496 e. The number of nitrogens with one attached hydrogen (secondary N) is 1. The Balaban J connectivity index is 2.14. The molecule has 9 nitrogen and oxygen atoms in total. The van der Waals surface area contributed by atoms with E-state index in [-0.39, 0.29) is 29.7 Å². The molecule has 3 aromatic rings. The molecule has 0 saturated carbocycles. The summed E-state index contributed by atoms with van der Waals surface area (Å²) >= 11 is 0. The molecular formula is C23H25FN4O5. The second-order valence-corrected chi connectivity index (χ2v) is 7.67. The Morgan fingerprint density at radius 2 is 1.85 bits per heavy atom. The Labute approximate surface area is 189 Å². The zero-order valence-corrected chi connectivity index (χ0v) is 19.0. The third kappa shape index (κ3) is 4.94. The van der Waals surface area contributed by atoms with E-state index in [0.717, 1.165) is 20.9 Å². The third-order valence-corrected chi connectivity index (χ3v) is 4.99. The highest BCUT2D eigenvalue weighted by Gasteiger charge is 2.18. The molecule has 2 aromatic carbocycles. The minimum atomic E-state index is -0.756. The van der Waals surface area contributed by atoms with Gasteiger partial charge in [-0.05, 0) is 41.3 Å². The first-order valence-corrected chi connectivity index (χ1v) is 10.2. The zero-order chi connectivity index (χ0) is 24.3. The van der Waals surface area contributed by atoms with E-state index >= 15 is 0 Å². The first-order chi connectivity index (χ1) is 15.7. The average Bonchev–Trinajstić information content (AvgIpc) is 2.77. The van der Waals surface area contributed by atoms with E-state index in [0.29, 0.717) is 11.3 Å². The van der Waals surface area contributed by atoms with Crippen LogP contribution in [0.4, 0.5) is 10.1 Å². The number of nitrogens with zero attached hydrogens (tertiary/aromatic N) is 3. The molecule has 174 valence electrons. The molecule has 0 aliphatic heterocycles. The number of halogens is 1. The summed E-state index contributed by atoms with van der Waals surface area (Å²) in [4.78, 5) is 37.4. The molecule has 1 amide bonds. The van der Waals surface area contributed by atoms with Gasteiger partial charge in [0.25, 0.3) is 5.88 Å². The molecule has 1 N–H and O–H groups in total. The average molecular weight is 456 g/mol. The van der Waals surface area contributed by atoms with Gasteiger partial charge in [-0.1, -0.05) is 26.0 Å². The van der Waals surface area contributed by atoms with Crippen LogP contribution in [0.2, 0.25) is 0 Å². The Morgan fingerprint density at radius 1 is 1.12 bits per heavy atom. The quantitative estimate of drug-likeness (QED) is 0.586. The summed E-state index contributed by atoms with van der Waals surface area (Å²) in [5.41, 5.74) is 0.204. The van der Waals surface area contributed by atoms with E-state index in [9.17, 15) is 18.8 Å². The van der Waals surface area contributed by atoms with E-state index in [1.807, 2.05) is 26.0 Å². The van der Waals surface area contributed by atoms with E-state index in [2.05, 4.69) is 10.4 Å². The van der Waals surface area contributed by atoms with Crippen molar-refractivity contribution in [2.45, 2.75) is 33.2 Å². The highest BCUT2D eigenvalue weighted by Crippen LogP contribution is 2.27. The van der Waals surface area contributed by atoms with Gasteiger partial charge in [-0.2, -0.15) is 4.68 Å². The normalized spacial score (nSPS) is 10.9. The van der Waals surface area contributed by atoms with Crippen molar-refractivity contribution < 1.29 is 18.7 Å². The van der Waals surface area contributed by atoms with Crippen LogP contribution in [-0.2, 0) is 11.3 Å². The van der Waals surface area contributed by atoms with Gasteiger partial charge in [0.15, 0.2) is 0 Å². The Bertz CT molecular complexity index is 1310. The number of ether oxygens (including phenoxy) is 2. The molecule has 0 spiro atoms. The number of aromatic nitrogens is 3. The molecule has 0 bridgehead atoms. The third-order valence-electron chi connectivity index (χ3n) is 4.99. The van der Waals surface area contributed by atoms with Crippen LogP contribution in [0.25, 0.3) is 5.69 Å². The lowest BCUT2D eigenvalue weighted by Gasteiger charge is -2.15. The summed E-state index contributed by atoms with van der Waals surface area (Å²) < 4.78 is 26.5. The summed E-state index contributed by atoms with van der Waals surface area (Å²) in [6, 6.07) is 9.12. The number of benzene rings is 2. The second kappa shape index (κ2) is 9.68. The molecule has 0 atom stereocenters. The molecule has 0 saturated heterocycles. The largest absolute Gasteiger partial charge is 0.496 e. The van der Waals surface area contributed by atoms with Crippen LogP contribution in [0, 0.1) is 5.82 Å². The van der Waals surface area contributed by atoms with Crippen LogP contribution in [-0.4, -0.2) is 34.5 Å². The van der Waals surface area contributed by atoms with Crippen molar-refractivity contribution in [1.82, 2.24) is 14.3 Å². The van der Waals surface area contributed by atoms with E-state index in [1.165, 1.54) is 26.2 Å². The van der Waals surface area contributed by atoms with E-state index in [1.54, 1.807) is 13.2 Å². The lowest BCUT2D eigenvalue weighted by Crippen LogP contribution is -2.41. The fourth-order valence-corrected chi connectivity index (χ4v) is 3.37. The molecule has 0 aliphatic rings. The summed E-state index contributed by atoms with van der Waals surface area (Å²) in [5, 5.41) is 6.33. The van der Waals surface area contributed by atoms with Gasteiger partial charge in [0.2, 0.25) is 5.91 Å². The van der Waals surface area contributed by atoms with Gasteiger partial charge in [0, 0.05) is 6.92 Å². The van der Waals surface area contributed by atoms with Crippen LogP contribution in [0.5, 0.6) is 11.6 Å². The molecule has 0 radical (unpaired) electrons. The molecular weight excluding hydrogens is 431 g/mol. The first-order valence-electron chi connectivity index (χ1n) is 10.2. The lowest BCUT2D eigenvalue weighted by molar-refractivity contribution is -0.114. The van der Waals surface area contributed by atoms with Crippen molar-refractivity contribution >= 4 is 11.6 Å². The van der Waals surface area contributed by atoms with Gasteiger partial charge >= 0.3 is 11.2 Å². The number of anilines is 1.